The normalized spacial score (nSPS) is 15.0. The average Bonchev–Trinajstić information content (AvgIpc) is 3.33. The van der Waals surface area contributed by atoms with Crippen LogP contribution in [-0.2, 0) is 14.8 Å². The molecule has 1 fully saturated rings. The SMILES string of the molecule is COc1ccc(/C=N/Nc2nc(-c3cccc(S(=O)(=O)N4CCOCC4)c3)cs2)cc1OC. The first-order chi connectivity index (χ1) is 16.0. The lowest BCUT2D eigenvalue weighted by Gasteiger charge is -2.26. The van der Waals surface area contributed by atoms with Gasteiger partial charge in [0.25, 0.3) is 0 Å². The molecule has 1 aromatic heterocycles. The van der Waals surface area contributed by atoms with Crippen LogP contribution in [0.5, 0.6) is 11.5 Å². The summed E-state index contributed by atoms with van der Waals surface area (Å²) >= 11 is 1.38. The fourth-order valence-electron chi connectivity index (χ4n) is 3.30. The number of morpholine rings is 1. The van der Waals surface area contributed by atoms with E-state index < -0.39 is 10.0 Å². The van der Waals surface area contributed by atoms with E-state index in [1.807, 2.05) is 23.6 Å². The highest BCUT2D eigenvalue weighted by molar-refractivity contribution is 7.89. The number of hydrazone groups is 1. The molecule has 2 aromatic carbocycles. The van der Waals surface area contributed by atoms with Crippen LogP contribution in [0, 0.1) is 0 Å². The van der Waals surface area contributed by atoms with Gasteiger partial charge < -0.3 is 14.2 Å². The van der Waals surface area contributed by atoms with Gasteiger partial charge in [-0.05, 0) is 35.9 Å². The maximum absolute atomic E-state index is 12.9. The van der Waals surface area contributed by atoms with Gasteiger partial charge in [0.15, 0.2) is 11.5 Å². The van der Waals surface area contributed by atoms with Gasteiger partial charge in [-0.2, -0.15) is 9.41 Å². The predicted molar refractivity (Wildman–Crippen MR) is 128 cm³/mol. The van der Waals surface area contributed by atoms with Crippen molar-refractivity contribution in [3.63, 3.8) is 0 Å². The fourth-order valence-corrected chi connectivity index (χ4v) is 5.43. The van der Waals surface area contributed by atoms with Crippen LogP contribution in [0.15, 0.2) is 57.8 Å². The van der Waals surface area contributed by atoms with Crippen LogP contribution < -0.4 is 14.9 Å². The average molecular weight is 489 g/mol. The van der Waals surface area contributed by atoms with Gasteiger partial charge in [0.05, 0.1) is 44.2 Å². The Balaban J connectivity index is 1.46. The number of hydrogen-bond acceptors (Lipinski definition) is 9. The van der Waals surface area contributed by atoms with Gasteiger partial charge in [-0.25, -0.2) is 13.4 Å². The van der Waals surface area contributed by atoms with E-state index in [0.717, 1.165) is 11.1 Å². The number of hydrogen-bond donors (Lipinski definition) is 1. The molecule has 174 valence electrons. The van der Waals surface area contributed by atoms with E-state index in [2.05, 4.69) is 15.5 Å². The Labute approximate surface area is 196 Å². The van der Waals surface area contributed by atoms with Gasteiger partial charge in [0, 0.05) is 24.0 Å². The van der Waals surface area contributed by atoms with Crippen molar-refractivity contribution in [1.82, 2.24) is 9.29 Å². The van der Waals surface area contributed by atoms with Crippen LogP contribution in [-0.4, -0.2) is 64.4 Å². The molecule has 1 saturated heterocycles. The highest BCUT2D eigenvalue weighted by Gasteiger charge is 2.26. The molecule has 1 aliphatic rings. The second-order valence-electron chi connectivity index (χ2n) is 7.07. The molecule has 1 aliphatic heterocycles. The van der Waals surface area contributed by atoms with Crippen LogP contribution >= 0.6 is 11.3 Å². The second kappa shape index (κ2) is 10.3. The van der Waals surface area contributed by atoms with Crippen LogP contribution in [0.25, 0.3) is 11.3 Å². The van der Waals surface area contributed by atoms with E-state index in [1.165, 1.54) is 15.6 Å². The van der Waals surface area contributed by atoms with Crippen LogP contribution in [0.4, 0.5) is 5.13 Å². The monoisotopic (exact) mass is 488 g/mol. The van der Waals surface area contributed by atoms with Crippen molar-refractivity contribution in [2.45, 2.75) is 4.90 Å². The Hall–Kier alpha value is -2.99. The summed E-state index contributed by atoms with van der Waals surface area (Å²) in [5.74, 6) is 1.26. The number of nitrogens with one attached hydrogen (secondary N) is 1. The van der Waals surface area contributed by atoms with Crippen LogP contribution in [0.1, 0.15) is 5.56 Å². The molecule has 0 atom stereocenters. The number of aromatic nitrogens is 1. The molecule has 0 bridgehead atoms. The molecule has 2 heterocycles. The molecule has 9 nitrogen and oxygen atoms in total. The van der Waals surface area contributed by atoms with Crippen molar-refractivity contribution in [3.8, 4) is 22.8 Å². The molecule has 0 unspecified atom stereocenters. The van der Waals surface area contributed by atoms with Crippen molar-refractivity contribution < 1.29 is 22.6 Å². The predicted octanol–water partition coefficient (Wildman–Crippen LogP) is 3.29. The zero-order chi connectivity index (χ0) is 23.3. The molecule has 1 N–H and O–H groups in total. The molecule has 4 rings (SSSR count). The Bertz CT molecular complexity index is 1240. The van der Waals surface area contributed by atoms with Gasteiger partial charge in [-0.1, -0.05) is 12.1 Å². The largest absolute Gasteiger partial charge is 0.493 e. The Morgan fingerprint density at radius 1 is 1.12 bits per heavy atom. The molecular weight excluding hydrogens is 464 g/mol. The van der Waals surface area contributed by atoms with Crippen molar-refractivity contribution >= 4 is 32.7 Å². The number of anilines is 1. The third kappa shape index (κ3) is 5.33. The summed E-state index contributed by atoms with van der Waals surface area (Å²) in [6.45, 7) is 1.53. The summed E-state index contributed by atoms with van der Waals surface area (Å²) in [7, 11) is -0.408. The zero-order valence-corrected chi connectivity index (χ0v) is 19.9. The molecule has 0 spiro atoms. The Morgan fingerprint density at radius 2 is 1.91 bits per heavy atom. The summed E-state index contributed by atoms with van der Waals surface area (Å²) in [5, 5.41) is 6.67. The van der Waals surface area contributed by atoms with E-state index in [4.69, 9.17) is 14.2 Å². The zero-order valence-electron chi connectivity index (χ0n) is 18.2. The van der Waals surface area contributed by atoms with E-state index in [0.29, 0.717) is 48.6 Å². The Morgan fingerprint density at radius 3 is 2.67 bits per heavy atom. The van der Waals surface area contributed by atoms with Gasteiger partial charge in [0.2, 0.25) is 15.2 Å². The smallest absolute Gasteiger partial charge is 0.243 e. The lowest BCUT2D eigenvalue weighted by molar-refractivity contribution is 0.0730. The maximum atomic E-state index is 12.9. The van der Waals surface area contributed by atoms with Gasteiger partial charge in [-0.3, -0.25) is 5.43 Å². The minimum Gasteiger partial charge on any atom is -0.493 e. The maximum Gasteiger partial charge on any atom is 0.243 e. The quantitative estimate of drug-likeness (QED) is 0.383. The molecule has 0 aliphatic carbocycles. The van der Waals surface area contributed by atoms with Gasteiger partial charge in [0.1, 0.15) is 0 Å². The summed E-state index contributed by atoms with van der Waals surface area (Å²) in [6, 6.07) is 12.3. The summed E-state index contributed by atoms with van der Waals surface area (Å²) in [4.78, 5) is 4.78. The first-order valence-corrected chi connectivity index (χ1v) is 12.5. The highest BCUT2D eigenvalue weighted by atomic mass is 32.2. The lowest BCUT2D eigenvalue weighted by atomic mass is 10.2. The molecule has 0 saturated carbocycles. The molecule has 0 amide bonds. The summed E-state index contributed by atoms with van der Waals surface area (Å²) in [5.41, 5.74) is 5.13. The molecular formula is C22H24N4O5S2. The second-order valence-corrected chi connectivity index (χ2v) is 9.86. The Kier molecular flexibility index (Phi) is 7.23. The topological polar surface area (TPSA) is 102 Å². The van der Waals surface area contributed by atoms with Crippen molar-refractivity contribution in [2.75, 3.05) is 45.9 Å². The van der Waals surface area contributed by atoms with Gasteiger partial charge in [-0.15, -0.1) is 11.3 Å². The molecule has 11 heteroatoms. The number of thiazole rings is 1. The number of methoxy groups -OCH3 is 2. The standard InChI is InChI=1S/C22H24N4O5S2/c1-29-20-7-6-16(12-21(20)30-2)14-23-25-22-24-19(15-32-22)17-4-3-5-18(13-17)33(27,28)26-8-10-31-11-9-26/h3-7,12-15H,8-11H2,1-2H3,(H,24,25)/b23-14+. The number of ether oxygens (including phenoxy) is 3. The number of rotatable bonds is 8. The first kappa shape index (κ1) is 23.2. The van der Waals surface area contributed by atoms with Crippen LogP contribution in [0.3, 0.4) is 0 Å². The van der Waals surface area contributed by atoms with E-state index in [1.54, 1.807) is 44.7 Å². The van der Waals surface area contributed by atoms with Crippen molar-refractivity contribution in [3.05, 3.63) is 53.4 Å². The highest BCUT2D eigenvalue weighted by Crippen LogP contribution is 2.29. The minimum atomic E-state index is -3.57. The third-order valence-electron chi connectivity index (χ3n) is 5.02. The van der Waals surface area contributed by atoms with Gasteiger partial charge >= 0.3 is 0 Å². The molecule has 3 aromatic rings. The van der Waals surface area contributed by atoms with Crippen LogP contribution in [0.2, 0.25) is 0 Å². The molecule has 33 heavy (non-hydrogen) atoms. The number of nitrogens with zero attached hydrogens (tertiary/aromatic N) is 3. The minimum absolute atomic E-state index is 0.246. The van der Waals surface area contributed by atoms with E-state index >= 15 is 0 Å². The number of benzene rings is 2. The van der Waals surface area contributed by atoms with E-state index in [9.17, 15) is 8.42 Å². The van der Waals surface area contributed by atoms with Crippen molar-refractivity contribution in [2.24, 2.45) is 5.10 Å². The molecule has 0 radical (unpaired) electrons. The fraction of sp³-hybridized carbons (Fsp3) is 0.273. The number of sulfonamides is 1. The summed E-state index contributed by atoms with van der Waals surface area (Å²) < 4.78 is 43.1. The van der Waals surface area contributed by atoms with Crippen molar-refractivity contribution in [1.29, 1.82) is 0 Å². The first-order valence-electron chi connectivity index (χ1n) is 10.2. The summed E-state index contributed by atoms with van der Waals surface area (Å²) in [6.07, 6.45) is 1.65. The third-order valence-corrected chi connectivity index (χ3v) is 7.66. The van der Waals surface area contributed by atoms with E-state index in [-0.39, 0.29) is 4.90 Å². The lowest BCUT2D eigenvalue weighted by Crippen LogP contribution is -2.40.